The Labute approximate surface area is 99.8 Å². The van der Waals surface area contributed by atoms with Gasteiger partial charge in [-0.15, -0.1) is 0 Å². The van der Waals surface area contributed by atoms with Crippen molar-refractivity contribution in [3.8, 4) is 0 Å². The van der Waals surface area contributed by atoms with E-state index in [2.05, 4.69) is 5.10 Å². The van der Waals surface area contributed by atoms with Crippen molar-refractivity contribution < 1.29 is 0 Å². The average Bonchev–Trinajstić information content (AvgIpc) is 2.65. The molecule has 0 fully saturated rings. The van der Waals surface area contributed by atoms with Gasteiger partial charge in [-0.05, 0) is 24.1 Å². The van der Waals surface area contributed by atoms with Crippen LogP contribution in [-0.4, -0.2) is 9.78 Å². The van der Waals surface area contributed by atoms with Gasteiger partial charge in [0.25, 0.3) is 0 Å². The summed E-state index contributed by atoms with van der Waals surface area (Å²) < 4.78 is 1.76. The van der Waals surface area contributed by atoms with Crippen LogP contribution in [0.15, 0.2) is 36.7 Å². The Morgan fingerprint density at radius 1 is 1.50 bits per heavy atom. The Hall–Kier alpha value is -1.32. The maximum Gasteiger partial charge on any atom is 0.0537 e. The van der Waals surface area contributed by atoms with Gasteiger partial charge in [-0.3, -0.25) is 4.68 Å². The van der Waals surface area contributed by atoms with Crippen LogP contribution in [0.25, 0.3) is 0 Å². The van der Waals surface area contributed by atoms with E-state index in [-0.39, 0.29) is 6.04 Å². The molecule has 0 aliphatic heterocycles. The topological polar surface area (TPSA) is 43.8 Å². The Kier molecular flexibility index (Phi) is 3.27. The number of rotatable bonds is 3. The minimum atomic E-state index is -0.0350. The van der Waals surface area contributed by atoms with Crippen LogP contribution in [0.1, 0.15) is 17.2 Å². The molecule has 1 unspecified atom stereocenters. The maximum atomic E-state index is 6.09. The van der Waals surface area contributed by atoms with Gasteiger partial charge in [0.05, 0.1) is 6.20 Å². The van der Waals surface area contributed by atoms with Crippen molar-refractivity contribution in [3.63, 3.8) is 0 Å². The SMILES string of the molecule is Cn1cc(C(N)Cc2cccc(Cl)c2)cn1. The van der Waals surface area contributed by atoms with Crippen molar-refractivity contribution >= 4 is 11.6 Å². The predicted molar refractivity (Wildman–Crippen MR) is 65.3 cm³/mol. The molecule has 0 spiro atoms. The van der Waals surface area contributed by atoms with E-state index < -0.39 is 0 Å². The molecular weight excluding hydrogens is 222 g/mol. The Morgan fingerprint density at radius 3 is 2.94 bits per heavy atom. The standard InChI is InChI=1S/C12H14ClN3/c1-16-8-10(7-15-16)12(14)6-9-3-2-4-11(13)5-9/h2-5,7-8,12H,6,14H2,1H3. The van der Waals surface area contributed by atoms with Crippen LogP contribution in [0.3, 0.4) is 0 Å². The fourth-order valence-electron chi connectivity index (χ4n) is 1.67. The van der Waals surface area contributed by atoms with Gasteiger partial charge in [-0.25, -0.2) is 0 Å². The predicted octanol–water partition coefficient (Wildman–Crippen LogP) is 2.32. The van der Waals surface area contributed by atoms with Gasteiger partial charge >= 0.3 is 0 Å². The molecule has 0 radical (unpaired) electrons. The third-order valence-corrected chi connectivity index (χ3v) is 2.73. The second kappa shape index (κ2) is 4.68. The van der Waals surface area contributed by atoms with Crippen LogP contribution in [0, 0.1) is 0 Å². The van der Waals surface area contributed by atoms with E-state index in [1.165, 1.54) is 0 Å². The van der Waals surface area contributed by atoms with Crippen LogP contribution in [0.5, 0.6) is 0 Å². The van der Waals surface area contributed by atoms with E-state index in [0.717, 1.165) is 22.6 Å². The summed E-state index contributed by atoms with van der Waals surface area (Å²) in [4.78, 5) is 0. The highest BCUT2D eigenvalue weighted by Gasteiger charge is 2.08. The van der Waals surface area contributed by atoms with E-state index in [4.69, 9.17) is 17.3 Å². The van der Waals surface area contributed by atoms with Gasteiger partial charge in [-0.2, -0.15) is 5.10 Å². The molecule has 16 heavy (non-hydrogen) atoms. The van der Waals surface area contributed by atoms with E-state index in [1.54, 1.807) is 10.9 Å². The number of nitrogens with two attached hydrogens (primary N) is 1. The highest BCUT2D eigenvalue weighted by molar-refractivity contribution is 6.30. The lowest BCUT2D eigenvalue weighted by Gasteiger charge is -2.09. The quantitative estimate of drug-likeness (QED) is 0.887. The third kappa shape index (κ3) is 2.62. The molecule has 0 saturated carbocycles. The second-order valence-electron chi connectivity index (χ2n) is 3.89. The minimum absolute atomic E-state index is 0.0350. The highest BCUT2D eigenvalue weighted by atomic mass is 35.5. The fraction of sp³-hybridized carbons (Fsp3) is 0.250. The average molecular weight is 236 g/mol. The fourth-order valence-corrected chi connectivity index (χ4v) is 1.88. The first kappa shape index (κ1) is 11.2. The molecular formula is C12H14ClN3. The maximum absolute atomic E-state index is 6.09. The lowest BCUT2D eigenvalue weighted by molar-refractivity contribution is 0.717. The van der Waals surface area contributed by atoms with Gasteiger partial charge in [0.2, 0.25) is 0 Å². The number of hydrogen-bond donors (Lipinski definition) is 1. The molecule has 2 rings (SSSR count). The first-order chi connectivity index (χ1) is 7.65. The number of nitrogens with zero attached hydrogens (tertiary/aromatic N) is 2. The minimum Gasteiger partial charge on any atom is -0.324 e. The van der Waals surface area contributed by atoms with Crippen molar-refractivity contribution in [2.45, 2.75) is 12.5 Å². The van der Waals surface area contributed by atoms with Gasteiger partial charge in [0, 0.05) is 29.9 Å². The second-order valence-corrected chi connectivity index (χ2v) is 4.32. The van der Waals surface area contributed by atoms with Crippen molar-refractivity contribution in [3.05, 3.63) is 52.8 Å². The first-order valence-electron chi connectivity index (χ1n) is 5.14. The molecule has 1 heterocycles. The number of aryl methyl sites for hydroxylation is 1. The molecule has 1 atom stereocenters. The summed E-state index contributed by atoms with van der Waals surface area (Å²) >= 11 is 5.92. The molecule has 0 bridgehead atoms. The summed E-state index contributed by atoms with van der Waals surface area (Å²) in [7, 11) is 1.88. The largest absolute Gasteiger partial charge is 0.324 e. The molecule has 0 amide bonds. The van der Waals surface area contributed by atoms with Crippen molar-refractivity contribution in [1.82, 2.24) is 9.78 Å². The van der Waals surface area contributed by atoms with E-state index in [0.29, 0.717) is 0 Å². The molecule has 0 aliphatic carbocycles. The summed E-state index contributed by atoms with van der Waals surface area (Å²) in [6.07, 6.45) is 4.51. The van der Waals surface area contributed by atoms with Crippen LogP contribution in [-0.2, 0) is 13.5 Å². The first-order valence-corrected chi connectivity index (χ1v) is 5.51. The van der Waals surface area contributed by atoms with Crippen LogP contribution in [0.4, 0.5) is 0 Å². The zero-order valence-corrected chi connectivity index (χ0v) is 9.85. The Bertz CT molecular complexity index is 479. The summed E-state index contributed by atoms with van der Waals surface area (Å²) in [5.74, 6) is 0. The summed E-state index contributed by atoms with van der Waals surface area (Å²) in [6.45, 7) is 0. The van der Waals surface area contributed by atoms with Crippen molar-refractivity contribution in [1.29, 1.82) is 0 Å². The van der Waals surface area contributed by atoms with Gasteiger partial charge < -0.3 is 5.73 Å². The molecule has 2 aromatic rings. The van der Waals surface area contributed by atoms with Crippen LogP contribution >= 0.6 is 11.6 Å². The molecule has 2 N–H and O–H groups in total. The van der Waals surface area contributed by atoms with Crippen molar-refractivity contribution in [2.24, 2.45) is 12.8 Å². The summed E-state index contributed by atoms with van der Waals surface area (Å²) in [6, 6.07) is 7.74. The molecule has 4 heteroatoms. The Morgan fingerprint density at radius 2 is 2.31 bits per heavy atom. The monoisotopic (exact) mass is 235 g/mol. The van der Waals surface area contributed by atoms with Gasteiger partial charge in [-0.1, -0.05) is 23.7 Å². The number of hydrogen-bond acceptors (Lipinski definition) is 2. The normalized spacial score (nSPS) is 12.7. The number of halogens is 1. The number of benzene rings is 1. The molecule has 1 aromatic carbocycles. The van der Waals surface area contributed by atoms with Gasteiger partial charge in [0.15, 0.2) is 0 Å². The highest BCUT2D eigenvalue weighted by Crippen LogP contribution is 2.17. The molecule has 84 valence electrons. The van der Waals surface area contributed by atoms with E-state index in [1.807, 2.05) is 37.5 Å². The zero-order chi connectivity index (χ0) is 11.5. The van der Waals surface area contributed by atoms with Crippen LogP contribution in [0.2, 0.25) is 5.02 Å². The third-order valence-electron chi connectivity index (χ3n) is 2.50. The van der Waals surface area contributed by atoms with E-state index in [9.17, 15) is 0 Å². The van der Waals surface area contributed by atoms with Gasteiger partial charge in [0.1, 0.15) is 0 Å². The summed E-state index contributed by atoms with van der Waals surface area (Å²) in [5, 5.41) is 4.85. The zero-order valence-electron chi connectivity index (χ0n) is 9.10. The van der Waals surface area contributed by atoms with Crippen LogP contribution < -0.4 is 5.73 Å². The Balaban J connectivity index is 2.10. The number of aromatic nitrogens is 2. The van der Waals surface area contributed by atoms with E-state index >= 15 is 0 Å². The molecule has 1 aromatic heterocycles. The molecule has 0 aliphatic rings. The lowest BCUT2D eigenvalue weighted by Crippen LogP contribution is -2.12. The smallest absolute Gasteiger partial charge is 0.0537 e. The van der Waals surface area contributed by atoms with Crippen molar-refractivity contribution in [2.75, 3.05) is 0 Å². The lowest BCUT2D eigenvalue weighted by atomic mass is 10.0. The molecule has 3 nitrogen and oxygen atoms in total. The summed E-state index contributed by atoms with van der Waals surface area (Å²) in [5.41, 5.74) is 8.28. The molecule has 0 saturated heterocycles.